The van der Waals surface area contributed by atoms with Crippen LogP contribution in [0.2, 0.25) is 0 Å². The van der Waals surface area contributed by atoms with Crippen molar-refractivity contribution in [3.8, 4) is 0 Å². The second-order valence-corrected chi connectivity index (χ2v) is 9.45. The summed E-state index contributed by atoms with van der Waals surface area (Å²) < 4.78 is 35.4. The number of aryl methyl sites for hydroxylation is 1. The number of nitrogen functional groups attached to an aromatic ring is 1. The van der Waals surface area contributed by atoms with Gasteiger partial charge < -0.3 is 26.0 Å². The minimum atomic E-state index is -0.519. The number of nitrogens with one attached hydrogen (secondary N) is 2. The Bertz CT molecular complexity index is 1200. The van der Waals surface area contributed by atoms with E-state index in [2.05, 4.69) is 20.6 Å². The number of nitrogens with zero attached hydrogens (tertiary/aromatic N) is 3. The van der Waals surface area contributed by atoms with Crippen LogP contribution in [0.3, 0.4) is 0 Å². The predicted octanol–water partition coefficient (Wildman–Crippen LogP) is 2.82. The van der Waals surface area contributed by atoms with Gasteiger partial charge in [-0.05, 0) is 18.6 Å². The van der Waals surface area contributed by atoms with Crippen LogP contribution in [0.25, 0.3) is 10.3 Å². The summed E-state index contributed by atoms with van der Waals surface area (Å²) in [7, 11) is 1.60. The van der Waals surface area contributed by atoms with E-state index < -0.39 is 23.5 Å². The van der Waals surface area contributed by atoms with Crippen LogP contribution in [0.15, 0.2) is 18.3 Å². The molecule has 1 fully saturated rings. The number of halogens is 2. The molecule has 1 saturated heterocycles. The van der Waals surface area contributed by atoms with Crippen LogP contribution in [0.1, 0.15) is 33.8 Å². The first kappa shape index (κ1) is 24.2. The third kappa shape index (κ3) is 4.96. The summed E-state index contributed by atoms with van der Waals surface area (Å²) in [6, 6.07) is 2.44. The van der Waals surface area contributed by atoms with Crippen LogP contribution in [-0.2, 0) is 4.74 Å². The van der Waals surface area contributed by atoms with Crippen LogP contribution < -0.4 is 21.3 Å². The molecule has 182 valence electrons. The normalized spacial score (nSPS) is 17.6. The third-order valence-corrected chi connectivity index (χ3v) is 7.05. The number of nitrogens with two attached hydrogens (primary N) is 1. The van der Waals surface area contributed by atoms with E-state index in [0.29, 0.717) is 41.4 Å². The summed E-state index contributed by atoms with van der Waals surface area (Å²) in [4.78, 5) is 24.0. The van der Waals surface area contributed by atoms with Gasteiger partial charge in [0.1, 0.15) is 26.9 Å². The first-order chi connectivity index (χ1) is 16.3. The second kappa shape index (κ2) is 10.2. The molecule has 0 spiro atoms. The van der Waals surface area contributed by atoms with E-state index in [0.717, 1.165) is 17.0 Å². The Morgan fingerprint density at radius 1 is 1.41 bits per heavy atom. The molecule has 1 unspecified atom stereocenters. The van der Waals surface area contributed by atoms with E-state index in [1.807, 2.05) is 6.92 Å². The Labute approximate surface area is 200 Å². The molecular weight excluding hydrogens is 462 g/mol. The molecule has 4 rings (SSSR count). The number of hydrogen-bond acceptors (Lipinski definition) is 8. The van der Waals surface area contributed by atoms with E-state index in [9.17, 15) is 4.79 Å². The van der Waals surface area contributed by atoms with E-state index in [4.69, 9.17) is 10.5 Å². The minimum absolute atomic E-state index is 0.113. The van der Waals surface area contributed by atoms with Crippen LogP contribution in [0.4, 0.5) is 20.2 Å². The maximum Gasteiger partial charge on any atom is 0.263 e. The van der Waals surface area contributed by atoms with Crippen molar-refractivity contribution in [3.63, 3.8) is 0 Å². The summed E-state index contributed by atoms with van der Waals surface area (Å²) >= 11 is 1.16. The number of thiophene rings is 1. The second-order valence-electron chi connectivity index (χ2n) is 8.45. The first-order valence-electron chi connectivity index (χ1n) is 11.1. The average molecular weight is 491 g/mol. The number of anilines is 2. The van der Waals surface area contributed by atoms with Crippen molar-refractivity contribution in [3.05, 3.63) is 46.1 Å². The van der Waals surface area contributed by atoms with Gasteiger partial charge in [-0.15, -0.1) is 11.3 Å². The van der Waals surface area contributed by atoms with E-state index in [-0.39, 0.29) is 29.6 Å². The van der Waals surface area contributed by atoms with Gasteiger partial charge in [-0.2, -0.15) is 0 Å². The van der Waals surface area contributed by atoms with Crippen molar-refractivity contribution >= 4 is 39.0 Å². The maximum atomic E-state index is 15.0. The molecule has 0 radical (unpaired) electrons. The summed E-state index contributed by atoms with van der Waals surface area (Å²) in [6.45, 7) is 5.96. The number of carbonyl (C=O) groups is 1. The molecule has 1 aliphatic rings. The quantitative estimate of drug-likeness (QED) is 0.488. The van der Waals surface area contributed by atoms with Crippen molar-refractivity contribution in [2.45, 2.75) is 25.9 Å². The molecule has 0 saturated carbocycles. The Morgan fingerprint density at radius 2 is 2.21 bits per heavy atom. The number of hydrogen-bond donors (Lipinski definition) is 3. The third-order valence-electron chi connectivity index (χ3n) is 5.96. The average Bonchev–Trinajstić information content (AvgIpc) is 2.98. The molecule has 2 aromatic heterocycles. The monoisotopic (exact) mass is 490 g/mol. The summed E-state index contributed by atoms with van der Waals surface area (Å²) in [5, 5.41) is 6.00. The van der Waals surface area contributed by atoms with Crippen LogP contribution >= 0.6 is 11.3 Å². The van der Waals surface area contributed by atoms with Crippen molar-refractivity contribution in [1.29, 1.82) is 0 Å². The lowest BCUT2D eigenvalue weighted by Gasteiger charge is -2.26. The van der Waals surface area contributed by atoms with Crippen molar-refractivity contribution in [1.82, 2.24) is 20.6 Å². The Morgan fingerprint density at radius 3 is 2.97 bits per heavy atom. The van der Waals surface area contributed by atoms with E-state index in [1.165, 1.54) is 12.1 Å². The van der Waals surface area contributed by atoms with Gasteiger partial charge in [0.05, 0.1) is 23.2 Å². The molecule has 34 heavy (non-hydrogen) atoms. The molecule has 8 nitrogen and oxygen atoms in total. The zero-order chi connectivity index (χ0) is 24.4. The molecule has 1 aliphatic heterocycles. The SMILES string of the molecule is COC1CNCCN(c2cc(F)c([C@@H](C)CNC(=O)c3sc4nc(C)cnc4c3N)cc2F)C1. The number of rotatable bonds is 6. The molecule has 4 N–H and O–H groups in total. The fraction of sp³-hybridized carbons (Fsp3) is 0.435. The number of aromatic nitrogens is 2. The topological polar surface area (TPSA) is 105 Å². The fourth-order valence-electron chi connectivity index (χ4n) is 4.00. The first-order valence-corrected chi connectivity index (χ1v) is 11.9. The summed E-state index contributed by atoms with van der Waals surface area (Å²) in [5.41, 5.74) is 7.96. The molecule has 3 heterocycles. The highest BCUT2D eigenvalue weighted by Crippen LogP contribution is 2.31. The molecule has 3 aromatic rings. The van der Waals surface area contributed by atoms with Gasteiger partial charge in [-0.25, -0.2) is 18.7 Å². The highest BCUT2D eigenvalue weighted by molar-refractivity contribution is 7.21. The number of carbonyl (C=O) groups excluding carboxylic acids is 1. The zero-order valence-electron chi connectivity index (χ0n) is 19.3. The van der Waals surface area contributed by atoms with Crippen LogP contribution in [-0.4, -0.2) is 61.8 Å². The van der Waals surface area contributed by atoms with Gasteiger partial charge in [0, 0.05) is 58.0 Å². The van der Waals surface area contributed by atoms with Crippen molar-refractivity contribution < 1.29 is 18.3 Å². The number of methoxy groups -OCH3 is 1. The lowest BCUT2D eigenvalue weighted by molar-refractivity contribution is 0.0956. The summed E-state index contributed by atoms with van der Waals surface area (Å²) in [5.74, 6) is -1.88. The molecule has 11 heteroatoms. The number of ether oxygens (including phenoxy) is 1. The zero-order valence-corrected chi connectivity index (χ0v) is 20.1. The number of amides is 1. The van der Waals surface area contributed by atoms with Gasteiger partial charge in [0.15, 0.2) is 0 Å². The van der Waals surface area contributed by atoms with Gasteiger partial charge in [0.25, 0.3) is 5.91 Å². The lowest BCUT2D eigenvalue weighted by Crippen LogP contribution is -2.34. The maximum absolute atomic E-state index is 15.0. The largest absolute Gasteiger partial charge is 0.396 e. The van der Waals surface area contributed by atoms with Gasteiger partial charge in [-0.3, -0.25) is 4.79 Å². The molecule has 1 amide bonds. The Hall–Kier alpha value is -2.89. The van der Waals surface area contributed by atoms with E-state index >= 15 is 8.78 Å². The summed E-state index contributed by atoms with van der Waals surface area (Å²) in [6.07, 6.45) is 1.47. The molecule has 2 atom stereocenters. The smallest absolute Gasteiger partial charge is 0.263 e. The van der Waals surface area contributed by atoms with Crippen LogP contribution in [0, 0.1) is 18.6 Å². The molecular formula is C23H28F2N6O2S. The van der Waals surface area contributed by atoms with Crippen molar-refractivity contribution in [2.24, 2.45) is 0 Å². The highest BCUT2D eigenvalue weighted by atomic mass is 32.1. The fourth-order valence-corrected chi connectivity index (χ4v) is 5.02. The van der Waals surface area contributed by atoms with Crippen LogP contribution in [0.5, 0.6) is 0 Å². The molecule has 0 aliphatic carbocycles. The number of benzene rings is 1. The van der Waals surface area contributed by atoms with E-state index in [1.54, 1.807) is 25.1 Å². The Balaban J connectivity index is 1.47. The van der Waals surface area contributed by atoms with Gasteiger partial charge in [-0.1, -0.05) is 6.92 Å². The molecule has 1 aromatic carbocycles. The predicted molar refractivity (Wildman–Crippen MR) is 130 cm³/mol. The minimum Gasteiger partial charge on any atom is -0.396 e. The van der Waals surface area contributed by atoms with Gasteiger partial charge >= 0.3 is 0 Å². The van der Waals surface area contributed by atoms with Crippen molar-refractivity contribution in [2.75, 3.05) is 50.5 Å². The Kier molecular flexibility index (Phi) is 7.24. The number of fused-ring (bicyclic) bond motifs is 1. The molecule has 0 bridgehead atoms. The standard InChI is InChI=1S/C23H28F2N6O2S/c1-12(8-29-22(32)21-19(26)20-23(34-21)30-13(2)9-28-20)15-6-17(25)18(7-16(15)24)31-5-4-27-10-14(11-31)33-3/h6-7,9,12,14,27H,4-5,8,10-11,26H2,1-3H3,(H,29,32)/t12-,14?/m0/s1. The van der Waals surface area contributed by atoms with Gasteiger partial charge in [0.2, 0.25) is 0 Å². The highest BCUT2D eigenvalue weighted by Gasteiger charge is 2.24. The lowest BCUT2D eigenvalue weighted by atomic mass is 9.99.